The highest BCUT2D eigenvalue weighted by Gasteiger charge is 2.01. The van der Waals surface area contributed by atoms with E-state index in [1.165, 1.54) is 22.4 Å². The molecule has 0 radical (unpaired) electrons. The molecule has 0 aromatic heterocycles. The lowest BCUT2D eigenvalue weighted by Crippen LogP contribution is -1.96. The van der Waals surface area contributed by atoms with Crippen molar-refractivity contribution in [2.75, 3.05) is 12.4 Å². The first-order chi connectivity index (χ1) is 5.69. The van der Waals surface area contributed by atoms with Gasteiger partial charge in [0.2, 0.25) is 0 Å². The molecule has 0 saturated heterocycles. The first kappa shape index (κ1) is 9.11. The van der Waals surface area contributed by atoms with E-state index >= 15 is 0 Å². The fraction of sp³-hybridized carbons (Fsp3) is 0.455. The van der Waals surface area contributed by atoms with Crippen LogP contribution >= 0.6 is 0 Å². The van der Waals surface area contributed by atoms with Crippen LogP contribution in [0.3, 0.4) is 0 Å². The third-order valence-corrected chi connectivity index (χ3v) is 2.37. The molecule has 1 aromatic rings. The smallest absolute Gasteiger partial charge is 0.0372 e. The predicted molar refractivity (Wildman–Crippen MR) is 54.8 cm³/mol. The zero-order valence-corrected chi connectivity index (χ0v) is 8.36. The van der Waals surface area contributed by atoms with Crippen molar-refractivity contribution in [3.05, 3.63) is 28.8 Å². The molecule has 0 aliphatic heterocycles. The third-order valence-electron chi connectivity index (χ3n) is 2.37. The van der Waals surface area contributed by atoms with Crippen LogP contribution in [0.4, 0.5) is 5.69 Å². The highest BCUT2D eigenvalue weighted by molar-refractivity contribution is 5.54. The number of hydrogen-bond acceptors (Lipinski definition) is 1. The van der Waals surface area contributed by atoms with Crippen molar-refractivity contribution in [1.82, 2.24) is 0 Å². The quantitative estimate of drug-likeness (QED) is 0.707. The summed E-state index contributed by atoms with van der Waals surface area (Å²) in [5, 5.41) is 3.21. The van der Waals surface area contributed by atoms with E-state index in [4.69, 9.17) is 0 Å². The van der Waals surface area contributed by atoms with Crippen molar-refractivity contribution < 1.29 is 0 Å². The highest BCUT2D eigenvalue weighted by Crippen LogP contribution is 2.20. The molecule has 0 spiro atoms. The molecule has 1 aromatic carbocycles. The van der Waals surface area contributed by atoms with Crippen molar-refractivity contribution in [3.63, 3.8) is 0 Å². The lowest BCUT2D eigenvalue weighted by Gasteiger charge is -2.10. The molecule has 1 heteroatoms. The molecule has 1 N–H and O–H groups in total. The van der Waals surface area contributed by atoms with E-state index in [0.29, 0.717) is 0 Å². The van der Waals surface area contributed by atoms with Crippen LogP contribution in [-0.4, -0.2) is 7.05 Å². The number of benzene rings is 1. The van der Waals surface area contributed by atoms with Gasteiger partial charge < -0.3 is 5.32 Å². The number of nitrogens with one attached hydrogen (secondary N) is 1. The summed E-state index contributed by atoms with van der Waals surface area (Å²) in [6.07, 6.45) is 1.09. The van der Waals surface area contributed by atoms with E-state index in [1.54, 1.807) is 0 Å². The average Bonchev–Trinajstić information content (AvgIpc) is 2.09. The first-order valence-electron chi connectivity index (χ1n) is 4.47. The van der Waals surface area contributed by atoms with Gasteiger partial charge in [-0.2, -0.15) is 0 Å². The van der Waals surface area contributed by atoms with Gasteiger partial charge in [-0.3, -0.25) is 0 Å². The largest absolute Gasteiger partial charge is 0.388 e. The molecule has 0 heterocycles. The van der Waals surface area contributed by atoms with Gasteiger partial charge in [-0.15, -0.1) is 0 Å². The van der Waals surface area contributed by atoms with Crippen LogP contribution in [0.1, 0.15) is 23.6 Å². The molecular formula is C11H17N. The molecule has 0 amide bonds. The fourth-order valence-electron chi connectivity index (χ4n) is 1.40. The van der Waals surface area contributed by atoms with E-state index in [-0.39, 0.29) is 0 Å². The third kappa shape index (κ3) is 1.60. The van der Waals surface area contributed by atoms with Crippen molar-refractivity contribution in [3.8, 4) is 0 Å². The molecule has 0 aliphatic carbocycles. The van der Waals surface area contributed by atoms with Crippen molar-refractivity contribution >= 4 is 5.69 Å². The highest BCUT2D eigenvalue weighted by atomic mass is 14.8. The number of aryl methyl sites for hydroxylation is 3. The lowest BCUT2D eigenvalue weighted by molar-refractivity contribution is 1.12. The van der Waals surface area contributed by atoms with Crippen LogP contribution in [0.25, 0.3) is 0 Å². The average molecular weight is 163 g/mol. The van der Waals surface area contributed by atoms with Gasteiger partial charge in [-0.25, -0.2) is 0 Å². The molecule has 12 heavy (non-hydrogen) atoms. The van der Waals surface area contributed by atoms with Crippen molar-refractivity contribution in [2.24, 2.45) is 0 Å². The van der Waals surface area contributed by atoms with Crippen LogP contribution in [0.2, 0.25) is 0 Å². The summed E-state index contributed by atoms with van der Waals surface area (Å²) in [6.45, 7) is 6.49. The Morgan fingerprint density at radius 1 is 1.17 bits per heavy atom. The molecule has 1 rings (SSSR count). The van der Waals surface area contributed by atoms with Gasteiger partial charge >= 0.3 is 0 Å². The van der Waals surface area contributed by atoms with Gasteiger partial charge in [0.15, 0.2) is 0 Å². The summed E-state index contributed by atoms with van der Waals surface area (Å²) in [5.74, 6) is 0. The van der Waals surface area contributed by atoms with Gasteiger partial charge in [0.1, 0.15) is 0 Å². The van der Waals surface area contributed by atoms with Crippen molar-refractivity contribution in [1.29, 1.82) is 0 Å². The minimum absolute atomic E-state index is 1.09. The Morgan fingerprint density at radius 2 is 1.75 bits per heavy atom. The van der Waals surface area contributed by atoms with Gasteiger partial charge in [0.25, 0.3) is 0 Å². The van der Waals surface area contributed by atoms with Crippen LogP contribution < -0.4 is 5.32 Å². The second-order valence-corrected chi connectivity index (χ2v) is 3.20. The normalized spacial score (nSPS) is 10.0. The van der Waals surface area contributed by atoms with E-state index in [1.807, 2.05) is 7.05 Å². The van der Waals surface area contributed by atoms with E-state index in [0.717, 1.165) is 6.42 Å². The Kier molecular flexibility index (Phi) is 2.74. The summed E-state index contributed by atoms with van der Waals surface area (Å²) in [4.78, 5) is 0. The van der Waals surface area contributed by atoms with E-state index < -0.39 is 0 Å². The number of anilines is 1. The van der Waals surface area contributed by atoms with E-state index in [2.05, 4.69) is 38.2 Å². The van der Waals surface area contributed by atoms with E-state index in [9.17, 15) is 0 Å². The zero-order chi connectivity index (χ0) is 9.14. The molecule has 0 saturated carbocycles. The predicted octanol–water partition coefficient (Wildman–Crippen LogP) is 2.91. The van der Waals surface area contributed by atoms with Crippen LogP contribution in [0.5, 0.6) is 0 Å². The summed E-state index contributed by atoms with van der Waals surface area (Å²) >= 11 is 0. The second-order valence-electron chi connectivity index (χ2n) is 3.20. The minimum Gasteiger partial charge on any atom is -0.388 e. The topological polar surface area (TPSA) is 12.0 Å². The Morgan fingerprint density at radius 3 is 2.25 bits per heavy atom. The molecule has 0 bridgehead atoms. The van der Waals surface area contributed by atoms with Gasteiger partial charge in [0.05, 0.1) is 0 Å². The lowest BCUT2D eigenvalue weighted by atomic mass is 10.0. The summed E-state index contributed by atoms with van der Waals surface area (Å²) in [6, 6.07) is 4.48. The number of rotatable bonds is 2. The maximum atomic E-state index is 3.21. The Labute approximate surface area is 74.8 Å². The van der Waals surface area contributed by atoms with Gasteiger partial charge in [0, 0.05) is 12.7 Å². The second kappa shape index (κ2) is 3.61. The molecule has 0 unspecified atom stereocenters. The van der Waals surface area contributed by atoms with Crippen LogP contribution in [0.15, 0.2) is 12.1 Å². The fourth-order valence-corrected chi connectivity index (χ4v) is 1.40. The monoisotopic (exact) mass is 163 g/mol. The van der Waals surface area contributed by atoms with Gasteiger partial charge in [-0.05, 0) is 43.0 Å². The number of hydrogen-bond donors (Lipinski definition) is 1. The summed E-state index contributed by atoms with van der Waals surface area (Å²) in [7, 11) is 1.98. The molecule has 0 aliphatic rings. The zero-order valence-electron chi connectivity index (χ0n) is 8.36. The van der Waals surface area contributed by atoms with Gasteiger partial charge in [-0.1, -0.05) is 13.0 Å². The maximum absolute atomic E-state index is 3.21. The molecular weight excluding hydrogens is 146 g/mol. The Bertz CT molecular complexity index is 248. The Hall–Kier alpha value is -0.980. The summed E-state index contributed by atoms with van der Waals surface area (Å²) in [5.41, 5.74) is 5.41. The molecule has 0 atom stereocenters. The first-order valence-corrected chi connectivity index (χ1v) is 4.47. The molecule has 66 valence electrons. The van der Waals surface area contributed by atoms with Crippen LogP contribution in [-0.2, 0) is 6.42 Å². The Balaban J connectivity index is 3.19. The molecule has 1 nitrogen and oxygen atoms in total. The maximum Gasteiger partial charge on any atom is 0.0372 e. The van der Waals surface area contributed by atoms with Crippen LogP contribution in [0, 0.1) is 13.8 Å². The molecule has 0 fully saturated rings. The minimum atomic E-state index is 1.09. The van der Waals surface area contributed by atoms with Crippen molar-refractivity contribution in [2.45, 2.75) is 27.2 Å². The summed E-state index contributed by atoms with van der Waals surface area (Å²) < 4.78 is 0. The SMILES string of the molecule is CCc1cc(C)c(C)cc1NC. The standard InChI is InChI=1S/C11H17N/c1-5-10-6-8(2)9(3)7-11(10)12-4/h6-7,12H,5H2,1-4H3.